The van der Waals surface area contributed by atoms with Gasteiger partial charge in [-0.3, -0.25) is 4.79 Å². The summed E-state index contributed by atoms with van der Waals surface area (Å²) in [7, 11) is -3.00. The standard InChI is InChI=1S/C12H18N4O3S/c1-2-4-13-11-7-14-10(6-15-11)12(17)16-9-3-5-20(18,19)8-9/h6-7,9H,2-5,8H2,1H3,(H,13,15)(H,16,17). The van der Waals surface area contributed by atoms with Gasteiger partial charge in [0.25, 0.3) is 5.91 Å². The van der Waals surface area contributed by atoms with Gasteiger partial charge >= 0.3 is 0 Å². The third kappa shape index (κ3) is 3.89. The average Bonchev–Trinajstić information content (AvgIpc) is 2.76. The molecular weight excluding hydrogens is 280 g/mol. The average molecular weight is 298 g/mol. The van der Waals surface area contributed by atoms with Crippen molar-refractivity contribution in [2.45, 2.75) is 25.8 Å². The number of amides is 1. The van der Waals surface area contributed by atoms with E-state index in [1.807, 2.05) is 6.92 Å². The number of hydrogen-bond acceptors (Lipinski definition) is 6. The van der Waals surface area contributed by atoms with E-state index in [4.69, 9.17) is 0 Å². The molecule has 1 atom stereocenters. The van der Waals surface area contributed by atoms with Gasteiger partial charge in [0, 0.05) is 12.6 Å². The van der Waals surface area contributed by atoms with Crippen LogP contribution in [0.25, 0.3) is 0 Å². The third-order valence-electron chi connectivity index (χ3n) is 3.01. The van der Waals surface area contributed by atoms with Crippen LogP contribution in [0.3, 0.4) is 0 Å². The van der Waals surface area contributed by atoms with Crippen molar-refractivity contribution in [2.24, 2.45) is 0 Å². The molecule has 2 N–H and O–H groups in total. The van der Waals surface area contributed by atoms with E-state index in [1.165, 1.54) is 12.4 Å². The highest BCUT2D eigenvalue weighted by Crippen LogP contribution is 2.12. The van der Waals surface area contributed by atoms with E-state index in [9.17, 15) is 13.2 Å². The Morgan fingerprint density at radius 3 is 2.75 bits per heavy atom. The van der Waals surface area contributed by atoms with Crippen LogP contribution in [0.4, 0.5) is 5.82 Å². The Balaban J connectivity index is 1.92. The Hall–Kier alpha value is -1.70. The highest BCUT2D eigenvalue weighted by atomic mass is 32.2. The topological polar surface area (TPSA) is 101 Å². The van der Waals surface area contributed by atoms with Gasteiger partial charge in [-0.25, -0.2) is 18.4 Å². The maximum Gasteiger partial charge on any atom is 0.271 e. The predicted octanol–water partition coefficient (Wildman–Crippen LogP) is 0.215. The monoisotopic (exact) mass is 298 g/mol. The van der Waals surface area contributed by atoms with Gasteiger partial charge in [-0.05, 0) is 12.8 Å². The van der Waals surface area contributed by atoms with E-state index < -0.39 is 9.84 Å². The fraction of sp³-hybridized carbons (Fsp3) is 0.583. The van der Waals surface area contributed by atoms with Gasteiger partial charge in [-0.15, -0.1) is 0 Å². The zero-order valence-corrected chi connectivity index (χ0v) is 12.1. The van der Waals surface area contributed by atoms with E-state index >= 15 is 0 Å². The number of carbonyl (C=O) groups is 1. The SMILES string of the molecule is CCCNc1cnc(C(=O)NC2CCS(=O)(=O)C2)cn1. The molecule has 1 aromatic heterocycles. The van der Waals surface area contributed by atoms with Crippen molar-refractivity contribution >= 4 is 21.6 Å². The molecule has 1 aliphatic heterocycles. The summed E-state index contributed by atoms with van der Waals surface area (Å²) in [5.41, 5.74) is 0.191. The molecule has 0 bridgehead atoms. The molecule has 0 aromatic carbocycles. The quantitative estimate of drug-likeness (QED) is 0.806. The molecule has 1 fully saturated rings. The van der Waals surface area contributed by atoms with Gasteiger partial charge in [0.1, 0.15) is 11.5 Å². The maximum atomic E-state index is 11.9. The Kier molecular flexibility index (Phi) is 4.53. The lowest BCUT2D eigenvalue weighted by atomic mass is 10.2. The number of nitrogens with zero attached hydrogens (tertiary/aromatic N) is 2. The predicted molar refractivity (Wildman–Crippen MR) is 75.3 cm³/mol. The summed E-state index contributed by atoms with van der Waals surface area (Å²) in [6.45, 7) is 2.83. The lowest BCUT2D eigenvalue weighted by Gasteiger charge is -2.10. The van der Waals surface area contributed by atoms with Crippen molar-refractivity contribution in [1.82, 2.24) is 15.3 Å². The minimum atomic E-state index is -3.00. The van der Waals surface area contributed by atoms with Crippen molar-refractivity contribution in [3.8, 4) is 0 Å². The summed E-state index contributed by atoms with van der Waals surface area (Å²) in [5.74, 6) is 0.361. The maximum absolute atomic E-state index is 11.9. The van der Waals surface area contributed by atoms with Crippen LogP contribution in [-0.2, 0) is 9.84 Å². The van der Waals surface area contributed by atoms with E-state index in [0.717, 1.165) is 13.0 Å². The van der Waals surface area contributed by atoms with Crippen LogP contribution < -0.4 is 10.6 Å². The normalized spacial score (nSPS) is 20.6. The van der Waals surface area contributed by atoms with Crippen molar-refractivity contribution in [3.05, 3.63) is 18.1 Å². The Bertz CT molecular complexity index is 571. The van der Waals surface area contributed by atoms with Crippen LogP contribution >= 0.6 is 0 Å². The highest BCUT2D eigenvalue weighted by molar-refractivity contribution is 7.91. The van der Waals surface area contributed by atoms with Crippen LogP contribution in [0.15, 0.2) is 12.4 Å². The number of nitrogens with one attached hydrogen (secondary N) is 2. The molecule has 2 rings (SSSR count). The summed E-state index contributed by atoms with van der Waals surface area (Å²) in [5, 5.41) is 5.73. The fourth-order valence-electron chi connectivity index (χ4n) is 1.96. The Morgan fingerprint density at radius 1 is 1.40 bits per heavy atom. The molecule has 1 amide bonds. The van der Waals surface area contributed by atoms with Gasteiger partial charge in [-0.1, -0.05) is 6.92 Å². The van der Waals surface area contributed by atoms with E-state index in [-0.39, 0.29) is 29.1 Å². The first-order valence-corrected chi connectivity index (χ1v) is 8.39. The molecule has 1 unspecified atom stereocenters. The lowest BCUT2D eigenvalue weighted by Crippen LogP contribution is -2.36. The molecule has 1 aliphatic rings. The second kappa shape index (κ2) is 6.17. The molecule has 8 heteroatoms. The highest BCUT2D eigenvalue weighted by Gasteiger charge is 2.29. The summed E-state index contributed by atoms with van der Waals surface area (Å²) >= 11 is 0. The number of sulfone groups is 1. The fourth-order valence-corrected chi connectivity index (χ4v) is 3.63. The molecule has 7 nitrogen and oxygen atoms in total. The van der Waals surface area contributed by atoms with Gasteiger partial charge in [-0.2, -0.15) is 0 Å². The molecule has 0 radical (unpaired) electrons. The van der Waals surface area contributed by atoms with Crippen molar-refractivity contribution in [2.75, 3.05) is 23.4 Å². The largest absolute Gasteiger partial charge is 0.369 e. The first-order valence-electron chi connectivity index (χ1n) is 6.57. The minimum Gasteiger partial charge on any atom is -0.369 e. The molecule has 1 saturated heterocycles. The Labute approximate surface area is 118 Å². The molecule has 20 heavy (non-hydrogen) atoms. The summed E-state index contributed by atoms with van der Waals surface area (Å²) in [6, 6.07) is -0.327. The molecule has 0 saturated carbocycles. The Morgan fingerprint density at radius 2 is 2.20 bits per heavy atom. The second-order valence-corrected chi connectivity index (χ2v) is 7.02. The van der Waals surface area contributed by atoms with Crippen LogP contribution in [-0.4, -0.2) is 48.4 Å². The number of anilines is 1. The summed E-state index contributed by atoms with van der Waals surface area (Å²) in [6.07, 6.45) is 4.31. The molecular formula is C12H18N4O3S. The van der Waals surface area contributed by atoms with Crippen molar-refractivity contribution < 1.29 is 13.2 Å². The van der Waals surface area contributed by atoms with Gasteiger partial charge in [0.15, 0.2) is 9.84 Å². The van der Waals surface area contributed by atoms with E-state index in [0.29, 0.717) is 12.2 Å². The molecule has 2 heterocycles. The van der Waals surface area contributed by atoms with E-state index in [1.54, 1.807) is 0 Å². The second-order valence-electron chi connectivity index (χ2n) is 4.79. The van der Waals surface area contributed by atoms with Crippen LogP contribution in [0.5, 0.6) is 0 Å². The summed E-state index contributed by atoms with van der Waals surface area (Å²) in [4.78, 5) is 20.0. The van der Waals surface area contributed by atoms with Gasteiger partial charge in [0.2, 0.25) is 0 Å². The number of rotatable bonds is 5. The third-order valence-corrected chi connectivity index (χ3v) is 4.78. The number of carbonyl (C=O) groups excluding carboxylic acids is 1. The van der Waals surface area contributed by atoms with Crippen molar-refractivity contribution in [3.63, 3.8) is 0 Å². The van der Waals surface area contributed by atoms with Crippen LogP contribution in [0.1, 0.15) is 30.3 Å². The van der Waals surface area contributed by atoms with Crippen LogP contribution in [0, 0.1) is 0 Å². The van der Waals surface area contributed by atoms with Crippen molar-refractivity contribution in [1.29, 1.82) is 0 Å². The summed E-state index contributed by atoms with van der Waals surface area (Å²) < 4.78 is 22.6. The minimum absolute atomic E-state index is 0.00229. The molecule has 0 spiro atoms. The number of aromatic nitrogens is 2. The van der Waals surface area contributed by atoms with Gasteiger partial charge in [0.05, 0.1) is 23.9 Å². The molecule has 0 aliphatic carbocycles. The smallest absolute Gasteiger partial charge is 0.271 e. The van der Waals surface area contributed by atoms with E-state index in [2.05, 4.69) is 20.6 Å². The first-order chi connectivity index (χ1) is 9.50. The zero-order chi connectivity index (χ0) is 14.6. The van der Waals surface area contributed by atoms with Gasteiger partial charge < -0.3 is 10.6 Å². The molecule has 110 valence electrons. The van der Waals surface area contributed by atoms with Crippen LogP contribution in [0.2, 0.25) is 0 Å². The number of hydrogen-bond donors (Lipinski definition) is 2. The molecule has 1 aromatic rings. The lowest BCUT2D eigenvalue weighted by molar-refractivity contribution is 0.0935. The first kappa shape index (κ1) is 14.7. The zero-order valence-electron chi connectivity index (χ0n) is 11.3.